The van der Waals surface area contributed by atoms with Crippen LogP contribution in [0, 0.1) is 0 Å². The number of rotatable bonds is 3. The Morgan fingerprint density at radius 1 is 0.773 bits per heavy atom. The minimum Gasteiger partial charge on any atom is -0.454 e. The zero-order chi connectivity index (χ0) is 14.9. The molecule has 22 heavy (non-hydrogen) atoms. The molecule has 2 heteroatoms. The summed E-state index contributed by atoms with van der Waals surface area (Å²) in [6, 6.07) is 25.1. The van der Waals surface area contributed by atoms with E-state index in [-0.39, 0.29) is 6.04 Å². The van der Waals surface area contributed by atoms with Crippen molar-refractivity contribution in [2.75, 3.05) is 5.32 Å². The minimum atomic E-state index is 0.222. The van der Waals surface area contributed by atoms with E-state index in [4.69, 9.17) is 4.42 Å². The van der Waals surface area contributed by atoms with Gasteiger partial charge in [0.25, 0.3) is 0 Å². The fourth-order valence-electron chi connectivity index (χ4n) is 2.92. The third kappa shape index (κ3) is 2.13. The van der Waals surface area contributed by atoms with Crippen molar-refractivity contribution in [1.82, 2.24) is 0 Å². The number of hydrogen-bond donors (Lipinski definition) is 1. The molecule has 0 aliphatic rings. The zero-order valence-corrected chi connectivity index (χ0v) is 12.4. The Labute approximate surface area is 129 Å². The van der Waals surface area contributed by atoms with Crippen molar-refractivity contribution in [3.8, 4) is 0 Å². The normalized spacial score (nSPS) is 12.6. The molecule has 3 aromatic carbocycles. The number of hydrogen-bond acceptors (Lipinski definition) is 2. The highest BCUT2D eigenvalue weighted by atomic mass is 16.3. The molecule has 2 nitrogen and oxygen atoms in total. The van der Waals surface area contributed by atoms with Crippen LogP contribution in [0.3, 0.4) is 0 Å². The van der Waals surface area contributed by atoms with Gasteiger partial charge in [-0.2, -0.15) is 0 Å². The molecule has 108 valence electrons. The summed E-state index contributed by atoms with van der Waals surface area (Å²) >= 11 is 0. The molecule has 0 spiro atoms. The van der Waals surface area contributed by atoms with Crippen molar-refractivity contribution in [3.05, 3.63) is 78.4 Å². The maximum absolute atomic E-state index is 6.06. The first kappa shape index (κ1) is 13.0. The van der Waals surface area contributed by atoms with Gasteiger partial charge >= 0.3 is 0 Å². The Morgan fingerprint density at radius 3 is 2.36 bits per heavy atom. The first-order chi connectivity index (χ1) is 10.8. The lowest BCUT2D eigenvalue weighted by molar-refractivity contribution is 0.668. The third-order valence-electron chi connectivity index (χ3n) is 4.08. The molecule has 0 saturated carbocycles. The summed E-state index contributed by atoms with van der Waals surface area (Å²) in [5.41, 5.74) is 4.14. The molecule has 1 atom stereocenters. The summed E-state index contributed by atoms with van der Waals surface area (Å²) < 4.78 is 6.06. The second-order valence-electron chi connectivity index (χ2n) is 5.56. The third-order valence-corrected chi connectivity index (χ3v) is 4.08. The van der Waals surface area contributed by atoms with Crippen molar-refractivity contribution in [1.29, 1.82) is 0 Å². The monoisotopic (exact) mass is 287 g/mol. The highest BCUT2D eigenvalue weighted by Gasteiger charge is 2.12. The lowest BCUT2D eigenvalue weighted by Crippen LogP contribution is -2.06. The van der Waals surface area contributed by atoms with E-state index in [1.807, 2.05) is 24.3 Å². The number of anilines is 1. The summed E-state index contributed by atoms with van der Waals surface area (Å²) in [5.74, 6) is 0. The molecule has 0 bridgehead atoms. The van der Waals surface area contributed by atoms with Gasteiger partial charge in [-0.3, -0.25) is 0 Å². The van der Waals surface area contributed by atoms with E-state index in [0.717, 1.165) is 27.6 Å². The Morgan fingerprint density at radius 2 is 1.50 bits per heavy atom. The highest BCUT2D eigenvalue weighted by Crippen LogP contribution is 2.34. The van der Waals surface area contributed by atoms with Crippen LogP contribution in [0.25, 0.3) is 21.9 Å². The number of fused-ring (bicyclic) bond motifs is 3. The van der Waals surface area contributed by atoms with Gasteiger partial charge in [-0.05, 0) is 24.6 Å². The predicted octanol–water partition coefficient (Wildman–Crippen LogP) is 5.76. The van der Waals surface area contributed by atoms with Gasteiger partial charge < -0.3 is 9.73 Å². The molecule has 4 rings (SSSR count). The molecule has 0 radical (unpaired) electrons. The van der Waals surface area contributed by atoms with Crippen LogP contribution >= 0.6 is 0 Å². The van der Waals surface area contributed by atoms with E-state index in [1.54, 1.807) is 0 Å². The first-order valence-electron chi connectivity index (χ1n) is 7.54. The van der Waals surface area contributed by atoms with Gasteiger partial charge in [0.05, 0.1) is 5.69 Å². The van der Waals surface area contributed by atoms with E-state index in [9.17, 15) is 0 Å². The molecule has 0 saturated heterocycles. The Hall–Kier alpha value is -2.74. The van der Waals surface area contributed by atoms with Crippen molar-refractivity contribution in [3.63, 3.8) is 0 Å². The molecule has 0 fully saturated rings. The summed E-state index contributed by atoms with van der Waals surface area (Å²) in [6.07, 6.45) is 0. The van der Waals surface area contributed by atoms with Crippen LogP contribution in [0.4, 0.5) is 5.69 Å². The van der Waals surface area contributed by atoms with Crippen LogP contribution in [-0.2, 0) is 0 Å². The summed E-state index contributed by atoms with van der Waals surface area (Å²) in [7, 11) is 0. The quantitative estimate of drug-likeness (QED) is 0.518. The van der Waals surface area contributed by atoms with Crippen molar-refractivity contribution < 1.29 is 4.42 Å². The van der Waals surface area contributed by atoms with E-state index in [1.165, 1.54) is 5.56 Å². The minimum absolute atomic E-state index is 0.222. The molecular formula is C20H17NO. The molecule has 0 amide bonds. The average molecular weight is 287 g/mol. The van der Waals surface area contributed by atoms with Crippen LogP contribution in [0.1, 0.15) is 18.5 Å². The van der Waals surface area contributed by atoms with Crippen LogP contribution in [0.15, 0.2) is 77.2 Å². The van der Waals surface area contributed by atoms with Crippen molar-refractivity contribution >= 4 is 27.6 Å². The lowest BCUT2D eigenvalue weighted by atomic mass is 10.1. The van der Waals surface area contributed by atoms with Gasteiger partial charge in [0.15, 0.2) is 5.58 Å². The molecule has 1 unspecified atom stereocenters. The molecule has 4 aromatic rings. The number of nitrogens with one attached hydrogen (secondary N) is 1. The summed E-state index contributed by atoms with van der Waals surface area (Å²) in [6.45, 7) is 2.16. The van der Waals surface area contributed by atoms with Gasteiger partial charge in [-0.1, -0.05) is 60.7 Å². The zero-order valence-electron chi connectivity index (χ0n) is 12.4. The second-order valence-corrected chi connectivity index (χ2v) is 5.56. The maximum Gasteiger partial charge on any atom is 0.158 e. The molecule has 0 aliphatic carbocycles. The number of furan rings is 1. The summed E-state index contributed by atoms with van der Waals surface area (Å²) in [4.78, 5) is 0. The smallest absolute Gasteiger partial charge is 0.158 e. The first-order valence-corrected chi connectivity index (χ1v) is 7.54. The fraction of sp³-hybridized carbons (Fsp3) is 0.100. The van der Waals surface area contributed by atoms with Crippen LogP contribution < -0.4 is 5.32 Å². The SMILES string of the molecule is CC(Nc1cccc2c1oc1ccccc12)c1ccccc1. The Kier molecular flexibility index (Phi) is 3.08. The van der Waals surface area contributed by atoms with Gasteiger partial charge in [0.2, 0.25) is 0 Å². The topological polar surface area (TPSA) is 25.2 Å². The van der Waals surface area contributed by atoms with Crippen LogP contribution in [0.2, 0.25) is 0 Å². The van der Waals surface area contributed by atoms with E-state index >= 15 is 0 Å². The molecule has 0 aliphatic heterocycles. The van der Waals surface area contributed by atoms with Gasteiger partial charge in [-0.15, -0.1) is 0 Å². The molecule has 1 aromatic heterocycles. The largest absolute Gasteiger partial charge is 0.454 e. The molecular weight excluding hydrogens is 270 g/mol. The van der Waals surface area contributed by atoms with Crippen LogP contribution in [0.5, 0.6) is 0 Å². The lowest BCUT2D eigenvalue weighted by Gasteiger charge is -2.15. The van der Waals surface area contributed by atoms with Gasteiger partial charge in [0.1, 0.15) is 5.58 Å². The Balaban J connectivity index is 1.79. The molecule has 1 heterocycles. The van der Waals surface area contributed by atoms with E-state index < -0.39 is 0 Å². The second kappa shape index (κ2) is 5.23. The highest BCUT2D eigenvalue weighted by molar-refractivity contribution is 6.08. The van der Waals surface area contributed by atoms with Gasteiger partial charge in [-0.25, -0.2) is 0 Å². The van der Waals surface area contributed by atoms with Gasteiger partial charge in [0, 0.05) is 16.8 Å². The number of para-hydroxylation sites is 2. The Bertz CT molecular complexity index is 924. The van der Waals surface area contributed by atoms with Crippen molar-refractivity contribution in [2.24, 2.45) is 0 Å². The van der Waals surface area contributed by atoms with E-state index in [0.29, 0.717) is 0 Å². The summed E-state index contributed by atoms with van der Waals surface area (Å²) in [5, 5.41) is 5.88. The van der Waals surface area contributed by atoms with Crippen LogP contribution in [-0.4, -0.2) is 0 Å². The number of benzene rings is 3. The average Bonchev–Trinajstić information content (AvgIpc) is 2.95. The van der Waals surface area contributed by atoms with E-state index in [2.05, 4.69) is 60.8 Å². The molecule has 1 N–H and O–H groups in total. The van der Waals surface area contributed by atoms with Crippen molar-refractivity contribution in [2.45, 2.75) is 13.0 Å². The fourth-order valence-corrected chi connectivity index (χ4v) is 2.92. The maximum atomic E-state index is 6.06. The standard InChI is InChI=1S/C20H17NO/c1-14(15-8-3-2-4-9-15)21-18-12-7-11-17-16-10-5-6-13-19(16)22-20(17)18/h2-14,21H,1H3. The predicted molar refractivity (Wildman–Crippen MR) is 92.2 cm³/mol.